The van der Waals surface area contributed by atoms with Crippen LogP contribution in [0.4, 0.5) is 18.0 Å². The number of amides is 1. The monoisotopic (exact) mass is 361 g/mol. The third-order valence-corrected chi connectivity index (χ3v) is 4.40. The summed E-state index contributed by atoms with van der Waals surface area (Å²) in [7, 11) is 0. The van der Waals surface area contributed by atoms with Crippen molar-refractivity contribution in [1.82, 2.24) is 4.90 Å². The van der Waals surface area contributed by atoms with E-state index >= 15 is 0 Å². The van der Waals surface area contributed by atoms with Gasteiger partial charge >= 0.3 is 12.3 Å². The number of likely N-dealkylation sites (tertiary alicyclic amines) is 1. The predicted molar refractivity (Wildman–Crippen MR) is 91.2 cm³/mol. The van der Waals surface area contributed by atoms with E-state index in [0.717, 1.165) is 10.5 Å². The van der Waals surface area contributed by atoms with Crippen LogP contribution < -0.4 is 0 Å². The van der Waals surface area contributed by atoms with E-state index in [1.54, 1.807) is 54.6 Å². The standard InChI is InChI=1S/C20H18F3NO2/c1-14-12-24(19(25)26-13-15-8-4-2-5-9-15)18(17(14)20(21,22)23)16-10-6-3-7-11-16/h2-11,17-18H,1,12-13H2/t17-,18-/m0/s1. The molecular formula is C20H18F3NO2. The van der Waals surface area contributed by atoms with Crippen molar-refractivity contribution in [3.8, 4) is 0 Å². The van der Waals surface area contributed by atoms with E-state index in [1.807, 2.05) is 6.07 Å². The molecule has 0 aromatic heterocycles. The molecule has 136 valence electrons. The Morgan fingerprint density at radius 2 is 1.65 bits per heavy atom. The molecular weight excluding hydrogens is 343 g/mol. The first-order valence-electron chi connectivity index (χ1n) is 8.14. The van der Waals surface area contributed by atoms with Crippen molar-refractivity contribution in [1.29, 1.82) is 0 Å². The molecule has 3 rings (SSSR count). The topological polar surface area (TPSA) is 29.5 Å². The lowest BCUT2D eigenvalue weighted by atomic mass is 9.91. The number of hydrogen-bond acceptors (Lipinski definition) is 2. The molecule has 2 aromatic rings. The molecule has 0 saturated carbocycles. The van der Waals surface area contributed by atoms with E-state index in [-0.39, 0.29) is 18.7 Å². The molecule has 1 fully saturated rings. The summed E-state index contributed by atoms with van der Waals surface area (Å²) >= 11 is 0. The number of halogens is 3. The number of benzene rings is 2. The number of carbonyl (C=O) groups is 1. The fraction of sp³-hybridized carbons (Fsp3) is 0.250. The summed E-state index contributed by atoms with van der Waals surface area (Å²) in [6.45, 7) is 3.38. The van der Waals surface area contributed by atoms with Gasteiger partial charge in [-0.3, -0.25) is 4.90 Å². The van der Waals surface area contributed by atoms with Gasteiger partial charge in [-0.1, -0.05) is 67.2 Å². The maximum absolute atomic E-state index is 13.6. The molecule has 0 radical (unpaired) electrons. The molecule has 3 nitrogen and oxygen atoms in total. The largest absolute Gasteiger partial charge is 0.445 e. The highest BCUT2D eigenvalue weighted by molar-refractivity contribution is 5.70. The summed E-state index contributed by atoms with van der Waals surface area (Å²) in [5, 5.41) is 0. The highest BCUT2D eigenvalue weighted by Gasteiger charge is 2.54. The normalized spacial score (nSPS) is 20.3. The van der Waals surface area contributed by atoms with E-state index in [9.17, 15) is 18.0 Å². The molecule has 0 N–H and O–H groups in total. The summed E-state index contributed by atoms with van der Waals surface area (Å²) in [4.78, 5) is 13.6. The minimum Gasteiger partial charge on any atom is -0.445 e. The highest BCUT2D eigenvalue weighted by atomic mass is 19.4. The molecule has 0 aliphatic carbocycles. The fourth-order valence-electron chi connectivity index (χ4n) is 3.23. The summed E-state index contributed by atoms with van der Waals surface area (Å²) in [5.41, 5.74) is 1.13. The van der Waals surface area contributed by atoms with Crippen LogP contribution in [0.2, 0.25) is 0 Å². The van der Waals surface area contributed by atoms with Crippen molar-refractivity contribution in [3.63, 3.8) is 0 Å². The second-order valence-corrected chi connectivity index (χ2v) is 6.20. The summed E-state index contributed by atoms with van der Waals surface area (Å²) in [5.74, 6) is -1.81. The molecule has 1 aliphatic rings. The highest BCUT2D eigenvalue weighted by Crippen LogP contribution is 2.48. The van der Waals surface area contributed by atoms with Gasteiger partial charge in [0.2, 0.25) is 0 Å². The number of hydrogen-bond donors (Lipinski definition) is 0. The van der Waals surface area contributed by atoms with Crippen LogP contribution in [-0.4, -0.2) is 23.7 Å². The van der Waals surface area contributed by atoms with Gasteiger partial charge in [0, 0.05) is 6.54 Å². The second-order valence-electron chi connectivity index (χ2n) is 6.20. The van der Waals surface area contributed by atoms with Crippen LogP contribution in [0.5, 0.6) is 0 Å². The van der Waals surface area contributed by atoms with Crippen LogP contribution in [0.15, 0.2) is 72.8 Å². The number of rotatable bonds is 3. The summed E-state index contributed by atoms with van der Waals surface area (Å²) in [6, 6.07) is 16.0. The van der Waals surface area contributed by atoms with E-state index in [2.05, 4.69) is 6.58 Å². The Balaban J connectivity index is 1.84. The van der Waals surface area contributed by atoms with Crippen LogP contribution >= 0.6 is 0 Å². The fourth-order valence-corrected chi connectivity index (χ4v) is 3.23. The Morgan fingerprint density at radius 1 is 1.08 bits per heavy atom. The van der Waals surface area contributed by atoms with E-state index < -0.39 is 24.2 Å². The van der Waals surface area contributed by atoms with Gasteiger partial charge in [-0.2, -0.15) is 13.2 Å². The van der Waals surface area contributed by atoms with Gasteiger partial charge in [0.25, 0.3) is 0 Å². The van der Waals surface area contributed by atoms with Crippen molar-refractivity contribution >= 4 is 6.09 Å². The Kier molecular flexibility index (Phi) is 5.02. The van der Waals surface area contributed by atoms with Crippen LogP contribution in [0.25, 0.3) is 0 Å². The quantitative estimate of drug-likeness (QED) is 0.711. The molecule has 1 amide bonds. The van der Waals surface area contributed by atoms with Gasteiger partial charge in [-0.05, 0) is 16.7 Å². The predicted octanol–water partition coefficient (Wildman–Crippen LogP) is 5.11. The maximum Gasteiger partial charge on any atom is 0.410 e. The first kappa shape index (κ1) is 18.0. The third kappa shape index (κ3) is 3.74. The minimum atomic E-state index is -4.49. The third-order valence-electron chi connectivity index (χ3n) is 4.40. The Labute approximate surface area is 149 Å². The van der Waals surface area contributed by atoms with Gasteiger partial charge < -0.3 is 4.74 Å². The van der Waals surface area contributed by atoms with Crippen molar-refractivity contribution in [2.75, 3.05) is 6.54 Å². The molecule has 1 heterocycles. The molecule has 0 unspecified atom stereocenters. The molecule has 0 spiro atoms. The lowest BCUT2D eigenvalue weighted by Gasteiger charge is -2.28. The van der Waals surface area contributed by atoms with Gasteiger partial charge in [-0.15, -0.1) is 0 Å². The first-order valence-corrected chi connectivity index (χ1v) is 8.14. The van der Waals surface area contributed by atoms with Gasteiger partial charge in [0.15, 0.2) is 0 Å². The lowest BCUT2D eigenvalue weighted by molar-refractivity contribution is -0.171. The van der Waals surface area contributed by atoms with Crippen LogP contribution in [0.1, 0.15) is 17.2 Å². The van der Waals surface area contributed by atoms with Gasteiger partial charge in [0.05, 0.1) is 6.04 Å². The number of ether oxygens (including phenoxy) is 1. The van der Waals surface area contributed by atoms with Crippen molar-refractivity contribution in [3.05, 3.63) is 83.9 Å². The minimum absolute atomic E-state index is 0.000837. The first-order chi connectivity index (χ1) is 12.4. The second kappa shape index (κ2) is 7.23. The van der Waals surface area contributed by atoms with Crippen molar-refractivity contribution in [2.45, 2.75) is 18.8 Å². The van der Waals surface area contributed by atoms with Gasteiger partial charge in [-0.25, -0.2) is 4.79 Å². The van der Waals surface area contributed by atoms with Gasteiger partial charge in [0.1, 0.15) is 12.5 Å². The molecule has 26 heavy (non-hydrogen) atoms. The SMILES string of the molecule is C=C1CN(C(=O)OCc2ccccc2)[C@@H](c2ccccc2)[C@H]1C(F)(F)F. The molecule has 6 heteroatoms. The molecule has 1 aliphatic heterocycles. The molecule has 2 aromatic carbocycles. The Morgan fingerprint density at radius 3 is 2.23 bits per heavy atom. The van der Waals surface area contributed by atoms with Crippen LogP contribution in [-0.2, 0) is 11.3 Å². The van der Waals surface area contributed by atoms with Crippen molar-refractivity contribution < 1.29 is 22.7 Å². The smallest absolute Gasteiger partial charge is 0.410 e. The van der Waals surface area contributed by atoms with Crippen LogP contribution in [0.3, 0.4) is 0 Å². The zero-order chi connectivity index (χ0) is 18.7. The van der Waals surface area contributed by atoms with E-state index in [0.29, 0.717) is 5.56 Å². The van der Waals surface area contributed by atoms with E-state index in [4.69, 9.17) is 4.74 Å². The summed E-state index contributed by atoms with van der Waals surface area (Å²) < 4.78 is 46.0. The zero-order valence-corrected chi connectivity index (χ0v) is 13.9. The lowest BCUT2D eigenvalue weighted by Crippen LogP contribution is -2.36. The number of nitrogens with zero attached hydrogens (tertiary/aromatic N) is 1. The molecule has 0 bridgehead atoms. The maximum atomic E-state index is 13.6. The summed E-state index contributed by atoms with van der Waals surface area (Å²) in [6.07, 6.45) is -5.28. The average Bonchev–Trinajstić information content (AvgIpc) is 2.99. The van der Waals surface area contributed by atoms with Crippen molar-refractivity contribution in [2.24, 2.45) is 5.92 Å². The zero-order valence-electron chi connectivity index (χ0n) is 13.9. The number of carbonyl (C=O) groups excluding carboxylic acids is 1. The Hall–Kier alpha value is -2.76. The molecule has 2 atom stereocenters. The number of alkyl halides is 3. The molecule has 1 saturated heterocycles. The Bertz CT molecular complexity index is 775. The average molecular weight is 361 g/mol. The van der Waals surface area contributed by atoms with Crippen LogP contribution in [0, 0.1) is 5.92 Å². The van der Waals surface area contributed by atoms with E-state index in [1.165, 1.54) is 0 Å².